The number of amides is 1. The summed E-state index contributed by atoms with van der Waals surface area (Å²) < 4.78 is 11.4. The van der Waals surface area contributed by atoms with Gasteiger partial charge < -0.3 is 40.3 Å². The third kappa shape index (κ3) is 4.24. The first-order valence-corrected chi connectivity index (χ1v) is 9.91. The van der Waals surface area contributed by atoms with E-state index in [9.17, 15) is 15.0 Å². The number of anilines is 3. The van der Waals surface area contributed by atoms with Crippen molar-refractivity contribution >= 4 is 23.1 Å². The number of nitrogens with one attached hydrogen (secondary N) is 3. The van der Waals surface area contributed by atoms with Gasteiger partial charge in [0.05, 0.1) is 19.0 Å². The molecule has 2 aliphatic heterocycles. The molecule has 4 atom stereocenters. The average Bonchev–Trinajstić information content (AvgIpc) is 3.37. The Morgan fingerprint density at radius 3 is 2.75 bits per heavy atom. The Morgan fingerprint density at radius 2 is 2.03 bits per heavy atom. The molecule has 0 saturated carbocycles. The Kier molecular flexibility index (Phi) is 6.53. The summed E-state index contributed by atoms with van der Waals surface area (Å²) >= 11 is 0. The molecule has 13 heteroatoms. The van der Waals surface area contributed by atoms with E-state index in [4.69, 9.17) is 19.8 Å². The van der Waals surface area contributed by atoms with Gasteiger partial charge in [-0.05, 0) is 17.7 Å². The third-order valence-corrected chi connectivity index (χ3v) is 5.16. The molecule has 1 aromatic carbocycles. The Balaban J connectivity index is 1.46. The van der Waals surface area contributed by atoms with Crippen LogP contribution in [0.25, 0.3) is 0 Å². The monoisotopic (exact) mass is 448 g/mol. The summed E-state index contributed by atoms with van der Waals surface area (Å²) in [5.74, 6) is 0.0456. The Labute approximate surface area is 182 Å². The number of hydrogen-bond donors (Lipinski definition) is 7. The number of carbonyl (C=O) groups excluding carboxylic acids is 1. The van der Waals surface area contributed by atoms with Crippen LogP contribution in [0.3, 0.4) is 0 Å². The van der Waals surface area contributed by atoms with Crippen molar-refractivity contribution in [3.05, 3.63) is 36.2 Å². The average molecular weight is 448 g/mol. The van der Waals surface area contributed by atoms with E-state index in [1.54, 1.807) is 29.2 Å². The van der Waals surface area contributed by atoms with Gasteiger partial charge in [-0.2, -0.15) is 4.98 Å². The molecule has 1 aromatic heterocycles. The fourth-order valence-electron chi connectivity index (χ4n) is 3.53. The second kappa shape index (κ2) is 9.50. The Hall–Kier alpha value is -3.23. The molecule has 2 aromatic rings. The van der Waals surface area contributed by atoms with Gasteiger partial charge in [0, 0.05) is 6.54 Å². The first kappa shape index (κ1) is 22.0. The minimum absolute atomic E-state index is 0.00738. The van der Waals surface area contributed by atoms with Crippen molar-refractivity contribution in [2.24, 2.45) is 0 Å². The number of aliphatic hydroxyl groups is 3. The molecule has 1 amide bonds. The summed E-state index contributed by atoms with van der Waals surface area (Å²) in [7, 11) is 0. The van der Waals surface area contributed by atoms with Crippen molar-refractivity contribution in [3.8, 4) is 5.88 Å². The maximum atomic E-state index is 12.2. The van der Waals surface area contributed by atoms with Crippen LogP contribution < -0.4 is 25.8 Å². The number of nitrogens with zero attached hydrogens (tertiary/aromatic N) is 3. The van der Waals surface area contributed by atoms with E-state index in [1.807, 2.05) is 0 Å². The zero-order valence-electron chi connectivity index (χ0n) is 16.9. The number of aromatic nitrogens is 2. The minimum atomic E-state index is -1.45. The zero-order valence-corrected chi connectivity index (χ0v) is 16.9. The third-order valence-electron chi connectivity index (χ3n) is 5.16. The van der Waals surface area contributed by atoms with Gasteiger partial charge >= 0.3 is 0 Å². The predicted molar refractivity (Wildman–Crippen MR) is 110 cm³/mol. The van der Waals surface area contributed by atoms with Crippen molar-refractivity contribution in [3.63, 3.8) is 0 Å². The van der Waals surface area contributed by atoms with Gasteiger partial charge in [0.25, 0.3) is 5.91 Å². The van der Waals surface area contributed by atoms with Crippen molar-refractivity contribution in [2.45, 2.75) is 31.1 Å². The molecule has 1 saturated heterocycles. The van der Waals surface area contributed by atoms with Crippen molar-refractivity contribution < 1.29 is 34.8 Å². The highest BCUT2D eigenvalue weighted by molar-refractivity contribution is 5.82. The summed E-state index contributed by atoms with van der Waals surface area (Å²) in [4.78, 5) is 22.1. The minimum Gasteiger partial charge on any atom is -0.471 e. The van der Waals surface area contributed by atoms with Crippen LogP contribution in [0.5, 0.6) is 5.88 Å². The zero-order chi connectivity index (χ0) is 22.7. The largest absolute Gasteiger partial charge is 0.471 e. The lowest BCUT2D eigenvalue weighted by molar-refractivity contribution is -0.135. The lowest BCUT2D eigenvalue weighted by atomic mass is 10.1. The molecule has 0 bridgehead atoms. The summed E-state index contributed by atoms with van der Waals surface area (Å²) in [6.07, 6.45) is -3.84. The predicted octanol–water partition coefficient (Wildman–Crippen LogP) is -1.40. The molecular formula is C19H24N6O7. The fourth-order valence-corrected chi connectivity index (χ4v) is 3.53. The Bertz CT molecular complexity index is 946. The van der Waals surface area contributed by atoms with E-state index in [-0.39, 0.29) is 32.3 Å². The summed E-state index contributed by atoms with van der Waals surface area (Å²) in [5.41, 5.74) is 3.94. The molecule has 1 fully saturated rings. The topological polar surface area (TPSA) is 182 Å². The molecule has 172 valence electrons. The molecular weight excluding hydrogens is 424 g/mol. The number of ether oxygens (including phenoxy) is 2. The van der Waals surface area contributed by atoms with E-state index < -0.39 is 30.4 Å². The highest BCUT2D eigenvalue weighted by Crippen LogP contribution is 2.39. The highest BCUT2D eigenvalue weighted by atomic mass is 16.6. The molecule has 13 nitrogen and oxygen atoms in total. The van der Waals surface area contributed by atoms with Gasteiger partial charge in [-0.3, -0.25) is 15.5 Å². The maximum Gasteiger partial charge on any atom is 0.252 e. The smallest absolute Gasteiger partial charge is 0.252 e. The van der Waals surface area contributed by atoms with Crippen LogP contribution in [0.15, 0.2) is 30.6 Å². The van der Waals surface area contributed by atoms with Crippen LogP contribution in [0, 0.1) is 0 Å². The van der Waals surface area contributed by atoms with Gasteiger partial charge in [-0.1, -0.05) is 12.1 Å². The molecule has 7 N–H and O–H groups in total. The molecule has 4 rings (SSSR count). The number of rotatable bonds is 8. The van der Waals surface area contributed by atoms with Crippen molar-refractivity contribution in [1.29, 1.82) is 0 Å². The highest BCUT2D eigenvalue weighted by Gasteiger charge is 2.50. The number of fused-ring (bicyclic) bond motifs is 1. The summed E-state index contributed by atoms with van der Waals surface area (Å²) in [6, 6.07) is 6.96. The molecule has 3 heterocycles. The van der Waals surface area contributed by atoms with Gasteiger partial charge in [-0.25, -0.2) is 4.98 Å². The first-order valence-electron chi connectivity index (χ1n) is 9.91. The quantitative estimate of drug-likeness (QED) is 0.235. The van der Waals surface area contributed by atoms with Crippen LogP contribution in [0.2, 0.25) is 0 Å². The summed E-state index contributed by atoms with van der Waals surface area (Å²) in [6.45, 7) is 0.144. The normalized spacial score (nSPS) is 24.1. The maximum absolute atomic E-state index is 12.2. The number of benzene rings is 1. The fraction of sp³-hybridized carbons (Fsp3) is 0.421. The van der Waals surface area contributed by atoms with Crippen molar-refractivity contribution in [1.82, 2.24) is 15.3 Å². The van der Waals surface area contributed by atoms with Gasteiger partial charge in [0.15, 0.2) is 18.1 Å². The van der Waals surface area contributed by atoms with Crippen molar-refractivity contribution in [2.75, 3.05) is 35.5 Å². The van der Waals surface area contributed by atoms with Gasteiger partial charge in [0.2, 0.25) is 5.88 Å². The molecule has 0 aliphatic carbocycles. The van der Waals surface area contributed by atoms with Gasteiger partial charge in [-0.15, -0.1) is 0 Å². The van der Waals surface area contributed by atoms with Crippen LogP contribution in [-0.2, 0) is 16.1 Å². The molecule has 0 radical (unpaired) electrons. The van der Waals surface area contributed by atoms with Gasteiger partial charge in [0.1, 0.15) is 30.8 Å². The SMILES string of the molecule is O=C(NCCO)[C@H]1O[C@@H](N2CNc3c(OCc4ccc(NO)cc4)ncnc32)[C@H](O)[C@@H]1O. The van der Waals surface area contributed by atoms with E-state index in [2.05, 4.69) is 26.1 Å². The second-order valence-corrected chi connectivity index (χ2v) is 7.22. The van der Waals surface area contributed by atoms with E-state index in [0.29, 0.717) is 17.2 Å². The van der Waals surface area contributed by atoms with Crippen LogP contribution in [-0.4, -0.2) is 80.8 Å². The Morgan fingerprint density at radius 1 is 1.25 bits per heavy atom. The van der Waals surface area contributed by atoms with E-state index in [1.165, 1.54) is 6.33 Å². The second-order valence-electron chi connectivity index (χ2n) is 7.22. The lowest BCUT2D eigenvalue weighted by Gasteiger charge is -2.26. The van der Waals surface area contributed by atoms with Crippen LogP contribution >= 0.6 is 0 Å². The van der Waals surface area contributed by atoms with E-state index in [0.717, 1.165) is 5.56 Å². The van der Waals surface area contributed by atoms with Crippen LogP contribution in [0.1, 0.15) is 5.56 Å². The standard InChI is InChI=1S/C19H24N6O7/c26-6-5-20-17(29)15-13(27)14(28)19(32-15)25-9-23-12-16(25)21-8-22-18(12)31-7-10-1-3-11(24-30)4-2-10/h1-4,8,13-15,19,23-24,26-28,30H,5-7,9H2,(H,20,29)/t13-,14+,15-,19+/m0/s1. The summed E-state index contributed by atoms with van der Waals surface area (Å²) in [5, 5.41) is 44.0. The molecule has 32 heavy (non-hydrogen) atoms. The first-order chi connectivity index (χ1) is 15.5. The van der Waals surface area contributed by atoms with Crippen LogP contribution in [0.4, 0.5) is 17.2 Å². The number of aliphatic hydroxyl groups excluding tert-OH is 3. The van der Waals surface area contributed by atoms with E-state index >= 15 is 0 Å². The molecule has 0 spiro atoms. The molecule has 2 aliphatic rings. The lowest BCUT2D eigenvalue weighted by Crippen LogP contribution is -2.45. The molecule has 0 unspecified atom stereocenters. The number of carbonyl (C=O) groups is 1. The number of hydrogen-bond acceptors (Lipinski definition) is 12.